The van der Waals surface area contributed by atoms with Crippen LogP contribution in [0.3, 0.4) is 0 Å². The summed E-state index contributed by atoms with van der Waals surface area (Å²) in [6.45, 7) is 4.90. The van der Waals surface area contributed by atoms with Crippen molar-refractivity contribution in [2.75, 3.05) is 32.9 Å². The predicted octanol–water partition coefficient (Wildman–Crippen LogP) is 2.70. The molecule has 0 bridgehead atoms. The van der Waals surface area contributed by atoms with Crippen LogP contribution in [0.15, 0.2) is 0 Å². The molecule has 0 amide bonds. The lowest BCUT2D eigenvalue weighted by Gasteiger charge is -2.28. The van der Waals surface area contributed by atoms with Gasteiger partial charge < -0.3 is 21.5 Å². The fourth-order valence-electron chi connectivity index (χ4n) is 2.58. The van der Waals surface area contributed by atoms with E-state index in [1.165, 1.54) is 94.6 Å². The van der Waals surface area contributed by atoms with E-state index < -0.39 is 0 Å². The van der Waals surface area contributed by atoms with Gasteiger partial charge in [-0.15, -0.1) is 0 Å². The molecule has 0 spiro atoms. The average molecular weight is 382 g/mol. The second-order valence-corrected chi connectivity index (χ2v) is 7.39. The molecule has 0 rings (SSSR count). The van der Waals surface area contributed by atoms with Crippen molar-refractivity contribution in [2.45, 2.75) is 84.0 Å². The molecular formula is C18H40BrNS. The van der Waals surface area contributed by atoms with Crippen LogP contribution in [0.4, 0.5) is 0 Å². The van der Waals surface area contributed by atoms with Gasteiger partial charge in [-0.2, -0.15) is 12.6 Å². The van der Waals surface area contributed by atoms with Gasteiger partial charge in [0.25, 0.3) is 0 Å². The molecule has 0 aliphatic carbocycles. The largest absolute Gasteiger partial charge is 1.00 e. The number of hydrogen-bond acceptors (Lipinski definition) is 1. The quantitative estimate of drug-likeness (QED) is 0.251. The van der Waals surface area contributed by atoms with Crippen molar-refractivity contribution in [1.82, 2.24) is 0 Å². The van der Waals surface area contributed by atoms with Gasteiger partial charge in [0.05, 0.1) is 27.2 Å². The molecule has 0 unspecified atom stereocenters. The Morgan fingerprint density at radius 3 is 1.29 bits per heavy atom. The standard InChI is InChI=1S/C18H39NS.BrH/c1-4-19(2,3)17-15-13-11-9-7-5-6-8-10-12-14-16-18-20;/h4-18H2,1-3H3;1H. The molecule has 0 atom stereocenters. The van der Waals surface area contributed by atoms with Gasteiger partial charge in [0.1, 0.15) is 0 Å². The van der Waals surface area contributed by atoms with Crippen LogP contribution in [0.2, 0.25) is 0 Å². The Morgan fingerprint density at radius 1 is 0.619 bits per heavy atom. The van der Waals surface area contributed by atoms with Crippen LogP contribution in [0.5, 0.6) is 0 Å². The van der Waals surface area contributed by atoms with Crippen LogP contribution in [-0.4, -0.2) is 37.4 Å². The van der Waals surface area contributed by atoms with Crippen molar-refractivity contribution in [3.8, 4) is 0 Å². The molecule has 0 saturated heterocycles. The Balaban J connectivity index is 0. The highest BCUT2D eigenvalue weighted by molar-refractivity contribution is 7.80. The summed E-state index contributed by atoms with van der Waals surface area (Å²) in [6.07, 6.45) is 17.1. The molecule has 0 aromatic rings. The highest BCUT2D eigenvalue weighted by Gasteiger charge is 2.09. The third kappa shape index (κ3) is 18.7. The molecule has 0 heterocycles. The maximum Gasteiger partial charge on any atom is 0.0782 e. The fourth-order valence-corrected chi connectivity index (χ4v) is 2.80. The van der Waals surface area contributed by atoms with Gasteiger partial charge >= 0.3 is 0 Å². The molecule has 0 aromatic carbocycles. The van der Waals surface area contributed by atoms with E-state index >= 15 is 0 Å². The number of thiol groups is 1. The first-order valence-electron chi connectivity index (χ1n) is 9.05. The second-order valence-electron chi connectivity index (χ2n) is 6.94. The van der Waals surface area contributed by atoms with E-state index in [1.807, 2.05) is 0 Å². The van der Waals surface area contributed by atoms with Crippen molar-refractivity contribution in [2.24, 2.45) is 0 Å². The number of hydrogen-bond donors (Lipinski definition) is 1. The number of nitrogens with zero attached hydrogens (tertiary/aromatic N) is 1. The van der Waals surface area contributed by atoms with Gasteiger partial charge in [0.2, 0.25) is 0 Å². The minimum Gasteiger partial charge on any atom is -1.00 e. The first-order chi connectivity index (χ1) is 9.62. The van der Waals surface area contributed by atoms with Crippen LogP contribution in [0, 0.1) is 0 Å². The van der Waals surface area contributed by atoms with Crippen LogP contribution < -0.4 is 17.0 Å². The molecule has 130 valence electrons. The molecule has 21 heavy (non-hydrogen) atoms. The van der Waals surface area contributed by atoms with Crippen molar-refractivity contribution < 1.29 is 21.5 Å². The molecular weight excluding hydrogens is 342 g/mol. The lowest BCUT2D eigenvalue weighted by atomic mass is 10.1. The van der Waals surface area contributed by atoms with Crippen molar-refractivity contribution >= 4 is 12.6 Å². The van der Waals surface area contributed by atoms with Gasteiger partial charge in [-0.05, 0) is 31.9 Å². The number of quaternary nitrogens is 1. The Kier molecular flexibility index (Phi) is 19.6. The van der Waals surface area contributed by atoms with Gasteiger partial charge in [0.15, 0.2) is 0 Å². The highest BCUT2D eigenvalue weighted by atomic mass is 79.9. The molecule has 0 radical (unpaired) electrons. The molecule has 0 fully saturated rings. The smallest absolute Gasteiger partial charge is 0.0782 e. The fraction of sp³-hybridized carbons (Fsp3) is 1.00. The van der Waals surface area contributed by atoms with Gasteiger partial charge in [-0.3, -0.25) is 0 Å². The van der Waals surface area contributed by atoms with Crippen LogP contribution in [0.25, 0.3) is 0 Å². The normalized spacial score (nSPS) is 11.4. The molecule has 0 N–H and O–H groups in total. The summed E-state index contributed by atoms with van der Waals surface area (Å²) in [4.78, 5) is 0. The third-order valence-electron chi connectivity index (χ3n) is 4.53. The van der Waals surface area contributed by atoms with Crippen LogP contribution in [-0.2, 0) is 0 Å². The maximum atomic E-state index is 4.25. The number of unbranched alkanes of at least 4 members (excludes halogenated alkanes) is 11. The molecule has 3 heteroatoms. The van der Waals surface area contributed by atoms with Crippen LogP contribution in [0.1, 0.15) is 84.0 Å². The summed E-state index contributed by atoms with van der Waals surface area (Å²) in [5, 5.41) is 0. The lowest BCUT2D eigenvalue weighted by Crippen LogP contribution is -3.00. The Morgan fingerprint density at radius 2 is 0.952 bits per heavy atom. The van der Waals surface area contributed by atoms with E-state index in [4.69, 9.17) is 0 Å². The zero-order valence-corrected chi connectivity index (χ0v) is 17.4. The zero-order chi connectivity index (χ0) is 15.1. The summed E-state index contributed by atoms with van der Waals surface area (Å²) < 4.78 is 1.19. The number of rotatable bonds is 15. The minimum atomic E-state index is 0. The van der Waals surface area contributed by atoms with Crippen molar-refractivity contribution in [3.63, 3.8) is 0 Å². The summed E-state index contributed by atoms with van der Waals surface area (Å²) in [5.41, 5.74) is 0. The Bertz CT molecular complexity index is 198. The molecule has 0 aliphatic heterocycles. The van der Waals surface area contributed by atoms with E-state index in [2.05, 4.69) is 33.6 Å². The van der Waals surface area contributed by atoms with Gasteiger partial charge in [-0.1, -0.05) is 57.8 Å². The monoisotopic (exact) mass is 381 g/mol. The molecule has 0 aromatic heterocycles. The summed E-state index contributed by atoms with van der Waals surface area (Å²) in [7, 11) is 4.69. The van der Waals surface area contributed by atoms with E-state index in [-0.39, 0.29) is 17.0 Å². The summed E-state index contributed by atoms with van der Waals surface area (Å²) >= 11 is 4.25. The average Bonchev–Trinajstić information content (AvgIpc) is 2.44. The lowest BCUT2D eigenvalue weighted by molar-refractivity contribution is -0.888. The number of halogens is 1. The SMILES string of the molecule is CC[N+](C)(C)CCCCCCCCCCCCCCS.[Br-]. The second kappa shape index (κ2) is 17.1. The first kappa shape index (κ1) is 24.0. The van der Waals surface area contributed by atoms with E-state index in [9.17, 15) is 0 Å². The molecule has 0 saturated carbocycles. The molecule has 0 aliphatic rings. The first-order valence-corrected chi connectivity index (χ1v) is 9.68. The van der Waals surface area contributed by atoms with Gasteiger partial charge in [-0.25, -0.2) is 0 Å². The predicted molar refractivity (Wildman–Crippen MR) is 96.8 cm³/mol. The van der Waals surface area contributed by atoms with E-state index in [0.29, 0.717) is 0 Å². The minimum absolute atomic E-state index is 0. The zero-order valence-electron chi connectivity index (χ0n) is 14.9. The van der Waals surface area contributed by atoms with Crippen molar-refractivity contribution in [1.29, 1.82) is 0 Å². The highest BCUT2D eigenvalue weighted by Crippen LogP contribution is 2.12. The molecule has 1 nitrogen and oxygen atoms in total. The Labute approximate surface area is 151 Å². The van der Waals surface area contributed by atoms with E-state index in [1.54, 1.807) is 0 Å². The van der Waals surface area contributed by atoms with Crippen molar-refractivity contribution in [3.05, 3.63) is 0 Å². The summed E-state index contributed by atoms with van der Waals surface area (Å²) in [5.74, 6) is 1.06. The van der Waals surface area contributed by atoms with E-state index in [0.717, 1.165) is 5.75 Å². The topological polar surface area (TPSA) is 0 Å². The maximum absolute atomic E-state index is 4.25. The van der Waals surface area contributed by atoms with Crippen LogP contribution >= 0.6 is 12.6 Å². The van der Waals surface area contributed by atoms with Gasteiger partial charge in [0, 0.05) is 0 Å². The Hall–Kier alpha value is 0.790. The third-order valence-corrected chi connectivity index (χ3v) is 4.84. The summed E-state index contributed by atoms with van der Waals surface area (Å²) in [6, 6.07) is 0.